The van der Waals surface area contributed by atoms with Crippen molar-refractivity contribution in [2.45, 2.75) is 18.5 Å². The van der Waals surface area contributed by atoms with Crippen LogP contribution in [0.4, 0.5) is 5.69 Å². The van der Waals surface area contributed by atoms with Crippen molar-refractivity contribution in [1.82, 2.24) is 10.3 Å². The number of aromatic nitrogens is 1. The van der Waals surface area contributed by atoms with Crippen LogP contribution in [-0.4, -0.2) is 22.6 Å². The van der Waals surface area contributed by atoms with Gasteiger partial charge in [-0.2, -0.15) is 0 Å². The van der Waals surface area contributed by atoms with E-state index >= 15 is 0 Å². The van der Waals surface area contributed by atoms with E-state index in [1.165, 1.54) is 6.26 Å². The summed E-state index contributed by atoms with van der Waals surface area (Å²) < 4.78 is 5.08. The lowest BCUT2D eigenvalue weighted by Gasteiger charge is -2.09. The predicted octanol–water partition coefficient (Wildman–Crippen LogP) is 3.97. The Bertz CT molecular complexity index is 926. The molecule has 7 heteroatoms. The van der Waals surface area contributed by atoms with E-state index < -0.39 is 0 Å². The number of furan rings is 1. The number of pyridine rings is 1. The first-order chi connectivity index (χ1) is 13.2. The molecule has 0 fully saturated rings. The first-order valence-electron chi connectivity index (χ1n) is 8.46. The molecule has 0 radical (unpaired) electrons. The Morgan fingerprint density at radius 2 is 2.00 bits per heavy atom. The van der Waals surface area contributed by atoms with Crippen LogP contribution in [0.5, 0.6) is 0 Å². The van der Waals surface area contributed by atoms with E-state index in [0.29, 0.717) is 17.8 Å². The molecule has 0 atom stereocenters. The number of thioether (sulfide) groups is 1. The molecule has 0 spiro atoms. The number of rotatable bonds is 7. The number of hydrogen-bond acceptors (Lipinski definition) is 5. The Morgan fingerprint density at radius 1 is 1.11 bits per heavy atom. The first-order valence-corrected chi connectivity index (χ1v) is 9.45. The fourth-order valence-electron chi connectivity index (χ4n) is 2.42. The molecule has 2 aromatic heterocycles. The third-order valence-corrected chi connectivity index (χ3v) is 4.48. The third kappa shape index (κ3) is 5.21. The molecule has 2 amide bonds. The Kier molecular flexibility index (Phi) is 6.27. The van der Waals surface area contributed by atoms with Gasteiger partial charge in [-0.3, -0.25) is 9.59 Å². The Labute approximate surface area is 161 Å². The second-order valence-electron chi connectivity index (χ2n) is 5.63. The van der Waals surface area contributed by atoms with Crippen LogP contribution in [0.15, 0.2) is 70.4 Å². The van der Waals surface area contributed by atoms with Crippen LogP contribution < -0.4 is 10.6 Å². The van der Waals surface area contributed by atoms with Crippen molar-refractivity contribution in [3.8, 4) is 0 Å². The average molecular weight is 381 g/mol. The van der Waals surface area contributed by atoms with Gasteiger partial charge in [-0.25, -0.2) is 4.98 Å². The van der Waals surface area contributed by atoms with Crippen LogP contribution in [0, 0.1) is 0 Å². The topological polar surface area (TPSA) is 84.2 Å². The number of amides is 2. The monoisotopic (exact) mass is 381 g/mol. The van der Waals surface area contributed by atoms with Crippen molar-refractivity contribution in [2.24, 2.45) is 0 Å². The molecule has 138 valence electrons. The summed E-state index contributed by atoms with van der Waals surface area (Å²) in [7, 11) is 0. The molecule has 0 bridgehead atoms. The maximum absolute atomic E-state index is 12.4. The quantitative estimate of drug-likeness (QED) is 0.605. The minimum absolute atomic E-state index is 0.166. The molecule has 3 rings (SSSR count). The molecule has 27 heavy (non-hydrogen) atoms. The van der Waals surface area contributed by atoms with Gasteiger partial charge in [-0.15, -0.1) is 11.8 Å². The van der Waals surface area contributed by atoms with E-state index in [1.54, 1.807) is 48.3 Å². The van der Waals surface area contributed by atoms with E-state index in [1.807, 2.05) is 25.1 Å². The molecule has 3 aromatic rings. The van der Waals surface area contributed by atoms with Gasteiger partial charge in [0.2, 0.25) is 0 Å². The molecular formula is C20H19N3O3S. The fourth-order valence-corrected chi connectivity index (χ4v) is 3.06. The highest BCUT2D eigenvalue weighted by molar-refractivity contribution is 7.99. The SMILES string of the molecule is CCSc1cc(C(=O)NCc2cccc(NC(=O)c3ccco3)c2)ccn1. The fraction of sp³-hybridized carbons (Fsp3) is 0.150. The predicted molar refractivity (Wildman–Crippen MR) is 105 cm³/mol. The van der Waals surface area contributed by atoms with Crippen LogP contribution in [0.2, 0.25) is 0 Å². The number of carbonyl (C=O) groups is 2. The number of anilines is 1. The lowest BCUT2D eigenvalue weighted by Crippen LogP contribution is -2.23. The Balaban J connectivity index is 1.60. The summed E-state index contributed by atoms with van der Waals surface area (Å²) in [6.45, 7) is 2.39. The van der Waals surface area contributed by atoms with Crippen molar-refractivity contribution in [2.75, 3.05) is 11.1 Å². The van der Waals surface area contributed by atoms with Gasteiger partial charge in [0, 0.05) is 24.0 Å². The zero-order valence-corrected chi connectivity index (χ0v) is 15.6. The van der Waals surface area contributed by atoms with Gasteiger partial charge in [0.1, 0.15) is 0 Å². The Hall–Kier alpha value is -3.06. The van der Waals surface area contributed by atoms with Gasteiger partial charge in [-0.1, -0.05) is 19.1 Å². The van der Waals surface area contributed by atoms with Crippen molar-refractivity contribution in [3.05, 3.63) is 77.9 Å². The molecule has 0 aliphatic heterocycles. The number of nitrogens with one attached hydrogen (secondary N) is 2. The van der Waals surface area contributed by atoms with Crippen LogP contribution in [-0.2, 0) is 6.54 Å². The van der Waals surface area contributed by atoms with Crippen molar-refractivity contribution in [3.63, 3.8) is 0 Å². The first kappa shape index (κ1) is 18.7. The molecule has 6 nitrogen and oxygen atoms in total. The van der Waals surface area contributed by atoms with Crippen LogP contribution in [0.3, 0.4) is 0 Å². The minimum atomic E-state index is -0.320. The molecule has 1 aromatic carbocycles. The second kappa shape index (κ2) is 9.05. The summed E-state index contributed by atoms with van der Waals surface area (Å²) in [5.41, 5.74) is 2.08. The zero-order valence-electron chi connectivity index (χ0n) is 14.8. The summed E-state index contributed by atoms with van der Waals surface area (Å²) >= 11 is 1.59. The van der Waals surface area contributed by atoms with E-state index in [2.05, 4.69) is 15.6 Å². The maximum Gasteiger partial charge on any atom is 0.291 e. The van der Waals surface area contributed by atoms with E-state index in [9.17, 15) is 9.59 Å². The number of nitrogens with zero attached hydrogens (tertiary/aromatic N) is 1. The maximum atomic E-state index is 12.4. The molecule has 0 saturated carbocycles. The number of benzene rings is 1. The second-order valence-corrected chi connectivity index (χ2v) is 6.91. The zero-order chi connectivity index (χ0) is 19.1. The van der Waals surface area contributed by atoms with Gasteiger partial charge >= 0.3 is 0 Å². The Morgan fingerprint density at radius 3 is 2.78 bits per heavy atom. The highest BCUT2D eigenvalue weighted by Gasteiger charge is 2.10. The van der Waals surface area contributed by atoms with Crippen LogP contribution >= 0.6 is 11.8 Å². The smallest absolute Gasteiger partial charge is 0.291 e. The van der Waals surface area contributed by atoms with Gasteiger partial charge in [-0.05, 0) is 47.7 Å². The third-order valence-electron chi connectivity index (χ3n) is 3.67. The highest BCUT2D eigenvalue weighted by Crippen LogP contribution is 2.16. The molecule has 2 heterocycles. The van der Waals surface area contributed by atoms with E-state index in [0.717, 1.165) is 16.3 Å². The summed E-state index contributed by atoms with van der Waals surface area (Å²) in [6, 6.07) is 14.0. The van der Waals surface area contributed by atoms with Gasteiger partial charge in [0.05, 0.1) is 11.3 Å². The normalized spacial score (nSPS) is 10.4. The van der Waals surface area contributed by atoms with Crippen molar-refractivity contribution < 1.29 is 14.0 Å². The summed E-state index contributed by atoms with van der Waals surface area (Å²) in [4.78, 5) is 28.6. The number of carbonyl (C=O) groups excluding carboxylic acids is 2. The summed E-state index contributed by atoms with van der Waals surface area (Å²) in [5.74, 6) is 0.653. The average Bonchev–Trinajstić information content (AvgIpc) is 3.22. The minimum Gasteiger partial charge on any atom is -0.459 e. The molecule has 2 N–H and O–H groups in total. The van der Waals surface area contributed by atoms with Gasteiger partial charge in [0.25, 0.3) is 11.8 Å². The summed E-state index contributed by atoms with van der Waals surface area (Å²) in [6.07, 6.45) is 3.09. The van der Waals surface area contributed by atoms with E-state index in [4.69, 9.17) is 4.42 Å². The van der Waals surface area contributed by atoms with Crippen LogP contribution in [0.25, 0.3) is 0 Å². The van der Waals surface area contributed by atoms with Crippen molar-refractivity contribution >= 4 is 29.3 Å². The molecule has 0 saturated heterocycles. The van der Waals surface area contributed by atoms with Gasteiger partial charge < -0.3 is 15.1 Å². The molecule has 0 unspecified atom stereocenters. The summed E-state index contributed by atoms with van der Waals surface area (Å²) in [5, 5.41) is 6.48. The molecule has 0 aliphatic rings. The molecular weight excluding hydrogens is 362 g/mol. The molecule has 0 aliphatic carbocycles. The lowest BCUT2D eigenvalue weighted by molar-refractivity contribution is 0.0949. The van der Waals surface area contributed by atoms with Crippen LogP contribution in [0.1, 0.15) is 33.4 Å². The van der Waals surface area contributed by atoms with E-state index in [-0.39, 0.29) is 17.6 Å². The van der Waals surface area contributed by atoms with Gasteiger partial charge in [0.15, 0.2) is 5.76 Å². The highest BCUT2D eigenvalue weighted by atomic mass is 32.2. The lowest BCUT2D eigenvalue weighted by atomic mass is 10.2. The van der Waals surface area contributed by atoms with Crippen molar-refractivity contribution in [1.29, 1.82) is 0 Å². The standard InChI is InChI=1S/C20H19N3O3S/c1-2-27-18-12-15(8-9-21-18)19(24)22-13-14-5-3-6-16(11-14)23-20(25)17-7-4-10-26-17/h3-12H,2,13H2,1H3,(H,22,24)(H,23,25). The largest absolute Gasteiger partial charge is 0.459 e. The number of hydrogen-bond donors (Lipinski definition) is 2.